The summed E-state index contributed by atoms with van der Waals surface area (Å²) < 4.78 is 42.0. The topological polar surface area (TPSA) is 94.9 Å². The molecular formula is C22H23F3N6O. The van der Waals surface area contributed by atoms with Crippen LogP contribution in [0.5, 0.6) is 5.75 Å². The quantitative estimate of drug-likeness (QED) is 0.611. The minimum atomic E-state index is -4.78. The Morgan fingerprint density at radius 1 is 1.22 bits per heavy atom. The molecule has 0 amide bonds. The van der Waals surface area contributed by atoms with Crippen LogP contribution in [0.4, 0.5) is 24.9 Å². The highest BCUT2D eigenvalue weighted by Gasteiger charge is 2.32. The molecule has 1 aromatic carbocycles. The summed E-state index contributed by atoms with van der Waals surface area (Å²) in [6, 6.07) is 8.48. The third-order valence-electron chi connectivity index (χ3n) is 5.63. The van der Waals surface area contributed by atoms with E-state index in [2.05, 4.69) is 42.8 Å². The van der Waals surface area contributed by atoms with Crippen LogP contribution in [0.1, 0.15) is 36.8 Å². The van der Waals surface area contributed by atoms with Crippen molar-refractivity contribution < 1.29 is 17.9 Å². The average Bonchev–Trinajstić information content (AvgIpc) is 3.07. The molecule has 2 heterocycles. The number of hydrogen-bond donors (Lipinski definition) is 3. The highest BCUT2D eigenvalue weighted by molar-refractivity contribution is 5.54. The number of rotatable bonds is 6. The van der Waals surface area contributed by atoms with Gasteiger partial charge in [0.2, 0.25) is 5.95 Å². The number of benzene rings is 1. The Bertz CT molecular complexity index is 1020. The molecule has 0 unspecified atom stereocenters. The van der Waals surface area contributed by atoms with Crippen molar-refractivity contribution in [1.29, 1.82) is 5.26 Å². The van der Waals surface area contributed by atoms with Gasteiger partial charge in [-0.25, -0.2) is 4.98 Å². The van der Waals surface area contributed by atoms with Crippen LogP contribution in [0.2, 0.25) is 0 Å². The van der Waals surface area contributed by atoms with Gasteiger partial charge in [-0.15, -0.1) is 13.2 Å². The minimum Gasteiger partial charge on any atom is -0.405 e. The number of fused-ring (bicyclic) bond motifs is 3. The summed E-state index contributed by atoms with van der Waals surface area (Å²) in [4.78, 5) is 8.55. The highest BCUT2D eigenvalue weighted by atomic mass is 19.4. The second-order valence-corrected chi connectivity index (χ2v) is 7.95. The smallest absolute Gasteiger partial charge is 0.405 e. The zero-order valence-electron chi connectivity index (χ0n) is 17.2. The van der Waals surface area contributed by atoms with Crippen molar-refractivity contribution in [3.63, 3.8) is 0 Å². The Morgan fingerprint density at radius 2 is 2.06 bits per heavy atom. The van der Waals surface area contributed by atoms with Crippen molar-refractivity contribution in [2.45, 2.75) is 50.7 Å². The molecule has 3 N–H and O–H groups in total. The fourth-order valence-corrected chi connectivity index (χ4v) is 4.13. The predicted molar refractivity (Wildman–Crippen MR) is 113 cm³/mol. The van der Waals surface area contributed by atoms with Crippen molar-refractivity contribution in [3.05, 3.63) is 53.9 Å². The first kappa shape index (κ1) is 21.7. The summed E-state index contributed by atoms with van der Waals surface area (Å²) in [6.45, 7) is 0.0277. The van der Waals surface area contributed by atoms with Gasteiger partial charge in [0, 0.05) is 24.2 Å². The molecular weight excluding hydrogens is 421 g/mol. The van der Waals surface area contributed by atoms with Crippen molar-refractivity contribution in [3.8, 4) is 11.8 Å². The number of halogens is 3. The molecule has 4 rings (SSSR count). The van der Waals surface area contributed by atoms with E-state index in [1.54, 1.807) is 6.07 Å². The molecule has 2 aliphatic rings. The third kappa shape index (κ3) is 5.60. The number of ether oxygens (including phenoxy) is 1. The first-order valence-electron chi connectivity index (χ1n) is 10.4. The molecule has 2 bridgehead atoms. The number of nitrogens with one attached hydrogen (secondary N) is 3. The van der Waals surface area contributed by atoms with E-state index in [0.717, 1.165) is 25.7 Å². The lowest BCUT2D eigenvalue weighted by Gasteiger charge is -2.25. The fourth-order valence-electron chi connectivity index (χ4n) is 4.13. The fraction of sp³-hybridized carbons (Fsp3) is 0.409. The highest BCUT2D eigenvalue weighted by Crippen LogP contribution is 2.30. The summed E-state index contributed by atoms with van der Waals surface area (Å²) in [5, 5.41) is 19.2. The van der Waals surface area contributed by atoms with Gasteiger partial charge in [-0.2, -0.15) is 10.2 Å². The standard InChI is InChI=1S/C22H23F3N6O/c23-22(24,25)32-19-4-2-1-3-15(19)12-28-21-29-13-16(11-26)20(31-21)30-18-9-14-5-6-17(10-18)27-8-7-14/h1-4,7-8,13-14,17-18,27H,5-6,9-10,12H2,(H2,28,29,30,31)/t14-,17-,18-/m1/s1. The van der Waals surface area contributed by atoms with Gasteiger partial charge >= 0.3 is 6.36 Å². The monoisotopic (exact) mass is 444 g/mol. The van der Waals surface area contributed by atoms with E-state index < -0.39 is 6.36 Å². The van der Waals surface area contributed by atoms with Crippen molar-refractivity contribution in [1.82, 2.24) is 15.3 Å². The molecule has 1 fully saturated rings. The first-order valence-corrected chi connectivity index (χ1v) is 10.4. The Balaban J connectivity index is 1.47. The van der Waals surface area contributed by atoms with Crippen LogP contribution >= 0.6 is 0 Å². The average molecular weight is 444 g/mol. The summed E-state index contributed by atoms with van der Waals surface area (Å²) in [6.07, 6.45) is 4.91. The number of nitrogens with zero attached hydrogens (tertiary/aromatic N) is 3. The Hall–Kier alpha value is -3.48. The summed E-state index contributed by atoms with van der Waals surface area (Å²) in [5.74, 6) is 0.798. The van der Waals surface area contributed by atoms with Crippen LogP contribution in [-0.4, -0.2) is 28.4 Å². The number of para-hydroxylation sites is 1. The van der Waals surface area contributed by atoms with E-state index in [0.29, 0.717) is 28.9 Å². The second kappa shape index (κ2) is 9.34. The summed E-state index contributed by atoms with van der Waals surface area (Å²) in [5.41, 5.74) is 0.621. The van der Waals surface area contributed by atoms with Crippen LogP contribution in [0, 0.1) is 17.2 Å². The van der Waals surface area contributed by atoms with E-state index in [1.165, 1.54) is 24.4 Å². The Morgan fingerprint density at radius 3 is 2.88 bits per heavy atom. The molecule has 1 aliphatic heterocycles. The predicted octanol–water partition coefficient (Wildman–Crippen LogP) is 4.32. The molecule has 7 nitrogen and oxygen atoms in total. The lowest BCUT2D eigenvalue weighted by atomic mass is 9.97. The van der Waals surface area contributed by atoms with Crippen LogP contribution in [0.3, 0.4) is 0 Å². The van der Waals surface area contributed by atoms with Crippen molar-refractivity contribution in [2.75, 3.05) is 10.6 Å². The molecule has 2 aromatic rings. The number of hydrogen-bond acceptors (Lipinski definition) is 7. The van der Waals surface area contributed by atoms with Crippen LogP contribution in [0.15, 0.2) is 42.7 Å². The van der Waals surface area contributed by atoms with E-state index >= 15 is 0 Å². The molecule has 168 valence electrons. The number of nitriles is 1. The van der Waals surface area contributed by atoms with E-state index in [-0.39, 0.29) is 24.3 Å². The van der Waals surface area contributed by atoms with Crippen LogP contribution < -0.4 is 20.7 Å². The molecule has 1 saturated carbocycles. The maximum atomic E-state index is 12.6. The molecule has 0 spiro atoms. The second-order valence-electron chi connectivity index (χ2n) is 7.95. The first-order chi connectivity index (χ1) is 15.4. The van der Waals surface area contributed by atoms with E-state index in [4.69, 9.17) is 0 Å². The Kier molecular flexibility index (Phi) is 6.35. The van der Waals surface area contributed by atoms with Crippen LogP contribution in [0.25, 0.3) is 0 Å². The van der Waals surface area contributed by atoms with Gasteiger partial charge in [-0.1, -0.05) is 24.3 Å². The lowest BCUT2D eigenvalue weighted by Crippen LogP contribution is -2.32. The number of allylic oxidation sites excluding steroid dienone is 1. The van der Waals surface area contributed by atoms with Gasteiger partial charge in [-0.05, 0) is 43.9 Å². The molecule has 0 saturated heterocycles. The SMILES string of the molecule is N#Cc1cnc(NCc2ccccc2OC(F)(F)F)nc1N[C@@H]1C[C@H]2C=CN[C@H](CC2)C1. The number of anilines is 2. The van der Waals surface area contributed by atoms with Gasteiger partial charge in [0.25, 0.3) is 0 Å². The van der Waals surface area contributed by atoms with Gasteiger partial charge in [0.1, 0.15) is 23.2 Å². The van der Waals surface area contributed by atoms with Crippen molar-refractivity contribution in [2.24, 2.45) is 5.92 Å². The van der Waals surface area contributed by atoms with E-state index in [1.807, 2.05) is 6.20 Å². The molecule has 3 atom stereocenters. The Labute approximate surface area is 183 Å². The normalized spacial score (nSPS) is 22.2. The van der Waals surface area contributed by atoms with Crippen molar-refractivity contribution >= 4 is 11.8 Å². The molecule has 1 aromatic heterocycles. The number of alkyl halides is 3. The minimum absolute atomic E-state index is 0.0277. The van der Waals surface area contributed by atoms with Gasteiger partial charge in [0.15, 0.2) is 0 Å². The molecule has 1 aliphatic carbocycles. The molecule has 32 heavy (non-hydrogen) atoms. The third-order valence-corrected chi connectivity index (χ3v) is 5.63. The summed E-state index contributed by atoms with van der Waals surface area (Å²) in [7, 11) is 0. The largest absolute Gasteiger partial charge is 0.573 e. The molecule has 10 heteroatoms. The lowest BCUT2D eigenvalue weighted by molar-refractivity contribution is -0.274. The molecule has 0 radical (unpaired) electrons. The van der Waals surface area contributed by atoms with Gasteiger partial charge in [-0.3, -0.25) is 0 Å². The van der Waals surface area contributed by atoms with Crippen LogP contribution in [-0.2, 0) is 6.54 Å². The maximum Gasteiger partial charge on any atom is 0.573 e. The van der Waals surface area contributed by atoms with Gasteiger partial charge < -0.3 is 20.7 Å². The van der Waals surface area contributed by atoms with Gasteiger partial charge in [0.05, 0.1) is 6.20 Å². The zero-order chi connectivity index (χ0) is 22.6. The van der Waals surface area contributed by atoms with E-state index in [9.17, 15) is 18.4 Å². The number of aromatic nitrogens is 2. The summed E-state index contributed by atoms with van der Waals surface area (Å²) >= 11 is 0. The maximum absolute atomic E-state index is 12.6. The zero-order valence-corrected chi connectivity index (χ0v) is 17.2.